The Morgan fingerprint density at radius 2 is 1.97 bits per heavy atom. The summed E-state index contributed by atoms with van der Waals surface area (Å²) in [5, 5.41) is 0.715. The lowest BCUT2D eigenvalue weighted by atomic mass is 10.1. The van der Waals surface area contributed by atoms with Gasteiger partial charge in [-0.1, -0.05) is 23.2 Å². The van der Waals surface area contributed by atoms with E-state index in [-0.39, 0.29) is 18.2 Å². The SMILES string of the molecule is CCOc1cc(/C=C2\N=C(c3ccc(Cl)c(Cl)c3)OC2=O)cc(I)c1OCC(=O)OC. The molecule has 162 valence electrons. The summed E-state index contributed by atoms with van der Waals surface area (Å²) in [5.74, 6) is -0.149. The molecule has 0 N–H and O–H groups in total. The first-order valence-electron chi connectivity index (χ1n) is 8.96. The maximum atomic E-state index is 12.3. The van der Waals surface area contributed by atoms with Gasteiger partial charge >= 0.3 is 11.9 Å². The number of methoxy groups -OCH3 is 1. The van der Waals surface area contributed by atoms with E-state index in [1.165, 1.54) is 7.11 Å². The van der Waals surface area contributed by atoms with Gasteiger partial charge in [-0.15, -0.1) is 0 Å². The highest BCUT2D eigenvalue weighted by atomic mass is 127. The molecule has 0 saturated carbocycles. The van der Waals surface area contributed by atoms with Crippen LogP contribution in [0.1, 0.15) is 18.1 Å². The first-order chi connectivity index (χ1) is 14.8. The Morgan fingerprint density at radius 3 is 2.65 bits per heavy atom. The van der Waals surface area contributed by atoms with Crippen molar-refractivity contribution in [3.05, 3.63) is 60.8 Å². The minimum absolute atomic E-state index is 0.113. The van der Waals surface area contributed by atoms with E-state index in [1.54, 1.807) is 36.4 Å². The number of carbonyl (C=O) groups excluding carboxylic acids is 2. The number of hydrogen-bond donors (Lipinski definition) is 0. The predicted octanol–water partition coefficient (Wildman–Crippen LogP) is 4.89. The zero-order valence-electron chi connectivity index (χ0n) is 16.4. The van der Waals surface area contributed by atoms with Crippen LogP contribution < -0.4 is 9.47 Å². The summed E-state index contributed by atoms with van der Waals surface area (Å²) in [6.45, 7) is 1.95. The Labute approximate surface area is 202 Å². The second kappa shape index (κ2) is 10.3. The van der Waals surface area contributed by atoms with Gasteiger partial charge in [0.25, 0.3) is 0 Å². The molecule has 0 amide bonds. The number of carbonyl (C=O) groups is 2. The van der Waals surface area contributed by atoms with Crippen molar-refractivity contribution in [2.75, 3.05) is 20.3 Å². The molecule has 1 heterocycles. The Morgan fingerprint density at radius 1 is 1.19 bits per heavy atom. The van der Waals surface area contributed by atoms with Crippen molar-refractivity contribution in [3.63, 3.8) is 0 Å². The van der Waals surface area contributed by atoms with Gasteiger partial charge in [-0.25, -0.2) is 14.6 Å². The fraction of sp³-hybridized carbons (Fsp3) is 0.190. The van der Waals surface area contributed by atoms with Gasteiger partial charge in [0.05, 0.1) is 27.3 Å². The average molecular weight is 576 g/mol. The quantitative estimate of drug-likeness (QED) is 0.265. The number of cyclic esters (lactones) is 1. The highest BCUT2D eigenvalue weighted by Crippen LogP contribution is 2.35. The van der Waals surface area contributed by atoms with Crippen molar-refractivity contribution < 1.29 is 28.5 Å². The molecule has 0 fully saturated rings. The third kappa shape index (κ3) is 5.69. The summed E-state index contributed by atoms with van der Waals surface area (Å²) in [7, 11) is 1.28. The molecule has 0 aromatic heterocycles. The van der Waals surface area contributed by atoms with E-state index in [1.807, 2.05) is 6.92 Å². The smallest absolute Gasteiger partial charge is 0.363 e. The number of ether oxygens (including phenoxy) is 4. The lowest BCUT2D eigenvalue weighted by molar-refractivity contribution is -0.143. The number of aliphatic imine (C=N–C) groups is 1. The van der Waals surface area contributed by atoms with Crippen molar-refractivity contribution in [3.8, 4) is 11.5 Å². The van der Waals surface area contributed by atoms with E-state index >= 15 is 0 Å². The van der Waals surface area contributed by atoms with Crippen molar-refractivity contribution in [2.45, 2.75) is 6.92 Å². The van der Waals surface area contributed by atoms with Crippen molar-refractivity contribution in [1.29, 1.82) is 0 Å². The summed E-state index contributed by atoms with van der Waals surface area (Å²) < 4.78 is 21.7. The molecular formula is C21H16Cl2INO6. The van der Waals surface area contributed by atoms with Crippen LogP contribution in [0.25, 0.3) is 6.08 Å². The van der Waals surface area contributed by atoms with Crippen LogP contribution in [0.4, 0.5) is 0 Å². The minimum atomic E-state index is -0.597. The maximum absolute atomic E-state index is 12.3. The van der Waals surface area contributed by atoms with Gasteiger partial charge in [0.1, 0.15) is 0 Å². The number of rotatable bonds is 7. The Kier molecular flexibility index (Phi) is 7.79. The molecule has 3 rings (SSSR count). The van der Waals surface area contributed by atoms with Gasteiger partial charge in [-0.3, -0.25) is 0 Å². The standard InChI is InChI=1S/C21H16Cl2INO6/c1-3-29-17-8-11(6-15(24)19(17)30-10-18(26)28-2)7-16-21(27)31-20(25-16)12-4-5-13(22)14(23)9-12/h4-9H,3,10H2,1-2H3/b16-7-. The number of halogens is 3. The lowest BCUT2D eigenvalue weighted by Gasteiger charge is -2.14. The topological polar surface area (TPSA) is 83.4 Å². The molecule has 2 aromatic rings. The third-order valence-electron chi connectivity index (χ3n) is 3.98. The molecule has 10 heteroatoms. The molecule has 0 saturated heterocycles. The monoisotopic (exact) mass is 575 g/mol. The first kappa shape index (κ1) is 23.4. The van der Waals surface area contributed by atoms with E-state index < -0.39 is 11.9 Å². The van der Waals surface area contributed by atoms with Crippen molar-refractivity contribution in [2.24, 2.45) is 4.99 Å². The molecule has 0 radical (unpaired) electrons. The van der Waals surface area contributed by atoms with Crippen LogP contribution in [0, 0.1) is 3.57 Å². The molecule has 0 unspecified atom stereocenters. The van der Waals surface area contributed by atoms with Crippen LogP contribution in [0.15, 0.2) is 41.0 Å². The fourth-order valence-electron chi connectivity index (χ4n) is 2.58. The van der Waals surface area contributed by atoms with Crippen molar-refractivity contribution in [1.82, 2.24) is 0 Å². The van der Waals surface area contributed by atoms with Crippen LogP contribution >= 0.6 is 45.8 Å². The normalized spacial score (nSPS) is 14.3. The van der Waals surface area contributed by atoms with Crippen molar-refractivity contribution >= 4 is 69.7 Å². The first-order valence-corrected chi connectivity index (χ1v) is 10.8. The van der Waals surface area contributed by atoms with Gasteiger partial charge in [0.2, 0.25) is 5.90 Å². The van der Waals surface area contributed by atoms with Crippen LogP contribution in [0.3, 0.4) is 0 Å². The van der Waals surface area contributed by atoms with Crippen LogP contribution in [-0.2, 0) is 19.1 Å². The largest absolute Gasteiger partial charge is 0.490 e. The van der Waals surface area contributed by atoms with Gasteiger partial charge in [0, 0.05) is 5.56 Å². The van der Waals surface area contributed by atoms with Gasteiger partial charge in [-0.05, 0) is 71.5 Å². The molecule has 0 atom stereocenters. The molecule has 31 heavy (non-hydrogen) atoms. The fourth-order valence-corrected chi connectivity index (χ4v) is 3.66. The molecular weight excluding hydrogens is 560 g/mol. The molecule has 1 aliphatic heterocycles. The highest BCUT2D eigenvalue weighted by Gasteiger charge is 2.25. The second-order valence-electron chi connectivity index (χ2n) is 6.09. The van der Waals surface area contributed by atoms with Crippen LogP contribution in [0.2, 0.25) is 10.0 Å². The Balaban J connectivity index is 1.92. The van der Waals surface area contributed by atoms with E-state index in [2.05, 4.69) is 32.3 Å². The van der Waals surface area contributed by atoms with Gasteiger partial charge in [0.15, 0.2) is 23.8 Å². The summed E-state index contributed by atoms with van der Waals surface area (Å²) >= 11 is 14.0. The summed E-state index contributed by atoms with van der Waals surface area (Å²) in [4.78, 5) is 28.0. The summed E-state index contributed by atoms with van der Waals surface area (Å²) in [6.07, 6.45) is 1.57. The Bertz CT molecular complexity index is 1100. The zero-order valence-corrected chi connectivity index (χ0v) is 20.1. The number of hydrogen-bond acceptors (Lipinski definition) is 7. The average Bonchev–Trinajstić information content (AvgIpc) is 3.09. The maximum Gasteiger partial charge on any atom is 0.363 e. The third-order valence-corrected chi connectivity index (χ3v) is 5.52. The molecule has 0 bridgehead atoms. The van der Waals surface area contributed by atoms with E-state index in [0.29, 0.717) is 42.8 Å². The van der Waals surface area contributed by atoms with E-state index in [9.17, 15) is 9.59 Å². The van der Waals surface area contributed by atoms with Gasteiger partial charge < -0.3 is 18.9 Å². The highest BCUT2D eigenvalue weighted by molar-refractivity contribution is 14.1. The number of nitrogens with zero attached hydrogens (tertiary/aromatic N) is 1. The van der Waals surface area contributed by atoms with Crippen LogP contribution in [0.5, 0.6) is 11.5 Å². The molecule has 7 nitrogen and oxygen atoms in total. The Hall–Kier alpha value is -2.30. The molecule has 0 spiro atoms. The number of benzene rings is 2. The number of esters is 2. The molecule has 1 aliphatic rings. The van der Waals surface area contributed by atoms with E-state index in [4.69, 9.17) is 37.4 Å². The minimum Gasteiger partial charge on any atom is -0.490 e. The second-order valence-corrected chi connectivity index (χ2v) is 8.07. The zero-order chi connectivity index (χ0) is 22.5. The summed E-state index contributed by atoms with van der Waals surface area (Å²) in [5.41, 5.74) is 1.29. The van der Waals surface area contributed by atoms with Gasteiger partial charge in [-0.2, -0.15) is 0 Å². The van der Waals surface area contributed by atoms with Crippen LogP contribution in [-0.4, -0.2) is 38.2 Å². The predicted molar refractivity (Wildman–Crippen MR) is 125 cm³/mol. The lowest BCUT2D eigenvalue weighted by Crippen LogP contribution is -2.14. The van der Waals surface area contributed by atoms with E-state index in [0.717, 1.165) is 0 Å². The molecule has 0 aliphatic carbocycles. The molecule has 2 aromatic carbocycles. The summed E-state index contributed by atoms with van der Waals surface area (Å²) in [6, 6.07) is 8.28.